The molecule has 0 aromatic rings. The van der Waals surface area contributed by atoms with Crippen LogP contribution in [0.4, 0.5) is 0 Å². The fourth-order valence-electron chi connectivity index (χ4n) is 6.85. The van der Waals surface area contributed by atoms with Gasteiger partial charge in [-0.2, -0.15) is 0 Å². The molecule has 1 rings (SSSR count). The summed E-state index contributed by atoms with van der Waals surface area (Å²) in [6.07, 6.45) is 2.14. The first-order valence-corrected chi connectivity index (χ1v) is 21.4. The van der Waals surface area contributed by atoms with Crippen molar-refractivity contribution < 1.29 is 43.5 Å². The lowest BCUT2D eigenvalue weighted by atomic mass is 9.97. The van der Waals surface area contributed by atoms with E-state index in [1.54, 1.807) is 27.7 Å². The maximum Gasteiger partial charge on any atom is 0.326 e. The highest BCUT2D eigenvalue weighted by molar-refractivity contribution is 5.97. The monoisotopic (exact) mass is 837 g/mol. The number of aliphatic carboxylic acids is 1. The van der Waals surface area contributed by atoms with Crippen LogP contribution < -0.4 is 37.6 Å². The molecule has 1 aliphatic heterocycles. The largest absolute Gasteiger partial charge is 0.480 e. The molecule has 7 amide bonds. The number of nitrogens with two attached hydrogens (primary N) is 1. The van der Waals surface area contributed by atoms with Crippen LogP contribution >= 0.6 is 0 Å². The van der Waals surface area contributed by atoms with Crippen molar-refractivity contribution >= 4 is 47.3 Å². The first kappa shape index (κ1) is 52.7. The molecule has 1 fully saturated rings. The van der Waals surface area contributed by atoms with Crippen LogP contribution in [-0.4, -0.2) is 112 Å². The highest BCUT2D eigenvalue weighted by Gasteiger charge is 2.40. The number of carboxylic acid groups (broad SMARTS) is 1. The summed E-state index contributed by atoms with van der Waals surface area (Å²) in [6, 6.07) is -8.17. The summed E-state index contributed by atoms with van der Waals surface area (Å²) in [4.78, 5) is 108. The van der Waals surface area contributed by atoms with Crippen molar-refractivity contribution in [3.05, 3.63) is 0 Å². The van der Waals surface area contributed by atoms with E-state index in [0.29, 0.717) is 19.3 Å². The van der Waals surface area contributed by atoms with Crippen LogP contribution in [0.2, 0.25) is 0 Å². The number of rotatable bonds is 24. The molecule has 9 N–H and O–H groups in total. The molecular weight excluding hydrogens is 761 g/mol. The number of nitrogens with one attached hydrogen (secondary N) is 6. The molecule has 0 aromatic heterocycles. The fraction of sp³-hybridized carbons (Fsp3) is 0.810. The molecule has 0 aromatic carbocycles. The maximum atomic E-state index is 14.0. The Morgan fingerprint density at radius 3 is 1.37 bits per heavy atom. The highest BCUT2D eigenvalue weighted by atomic mass is 16.4. The summed E-state index contributed by atoms with van der Waals surface area (Å²) in [5.74, 6) is -6.21. The van der Waals surface area contributed by atoms with E-state index in [2.05, 4.69) is 31.9 Å². The molecule has 0 bridgehead atoms. The van der Waals surface area contributed by atoms with Gasteiger partial charge < -0.3 is 47.6 Å². The van der Waals surface area contributed by atoms with Crippen LogP contribution in [0.5, 0.6) is 0 Å². The van der Waals surface area contributed by atoms with E-state index in [1.807, 2.05) is 55.4 Å². The summed E-state index contributed by atoms with van der Waals surface area (Å²) in [5.41, 5.74) is 6.08. The van der Waals surface area contributed by atoms with Crippen molar-refractivity contribution in [3.8, 4) is 0 Å². The number of carbonyl (C=O) groups excluding carboxylic acids is 7. The molecule has 0 radical (unpaired) electrons. The van der Waals surface area contributed by atoms with Gasteiger partial charge in [0.1, 0.15) is 42.3 Å². The molecule has 0 unspecified atom stereocenters. The van der Waals surface area contributed by atoms with Crippen LogP contribution in [0, 0.1) is 35.5 Å². The Hall–Kier alpha value is -4.28. The Bertz CT molecular complexity index is 1450. The molecule has 1 heterocycles. The normalized spacial score (nSPS) is 18.4. The Balaban J connectivity index is 3.21. The second-order valence-electron chi connectivity index (χ2n) is 18.2. The van der Waals surface area contributed by atoms with Gasteiger partial charge in [-0.3, -0.25) is 33.6 Å². The standard InChI is InChI=1S/C42H76N8O9/c1-14-26(12)32(43)39(55)48-33(24(8)9)40(56)44-27(13)35(51)45-28(18-21(2)3)36(52)46-29(19-22(4)5)37(53)47-30(20-23(6)7)38(54)49-34(25(10)11)41(57)50-17-15-16-31(50)42(58)59/h21-34H,14-20,43H2,1-13H3,(H,44,56)(H,45,51)(H,46,52)(H,47,53)(H,48,55)(H,49,54)(H,58,59)/t26-,27-,28-,29-,30-,31-,32-,33-,34-/m0/s1. The quantitative estimate of drug-likeness (QED) is 0.0700. The van der Waals surface area contributed by atoms with E-state index in [9.17, 15) is 43.5 Å². The van der Waals surface area contributed by atoms with Gasteiger partial charge in [-0.1, -0.05) is 89.5 Å². The molecule has 1 aliphatic rings. The molecule has 17 heteroatoms. The van der Waals surface area contributed by atoms with Crippen molar-refractivity contribution in [2.75, 3.05) is 6.54 Å². The lowest BCUT2D eigenvalue weighted by Gasteiger charge is -2.31. The Morgan fingerprint density at radius 2 is 0.983 bits per heavy atom. The van der Waals surface area contributed by atoms with Gasteiger partial charge in [-0.05, 0) is 74.5 Å². The predicted octanol–water partition coefficient (Wildman–Crippen LogP) is 1.81. The Morgan fingerprint density at radius 1 is 0.576 bits per heavy atom. The number of hydrogen-bond donors (Lipinski definition) is 8. The van der Waals surface area contributed by atoms with Crippen molar-refractivity contribution in [2.24, 2.45) is 41.2 Å². The number of carboxylic acids is 1. The van der Waals surface area contributed by atoms with Gasteiger partial charge >= 0.3 is 5.97 Å². The zero-order chi connectivity index (χ0) is 45.5. The average Bonchev–Trinajstić information content (AvgIpc) is 3.63. The number of likely N-dealkylation sites (tertiary alicyclic amines) is 1. The topological polar surface area (TPSA) is 258 Å². The molecule has 17 nitrogen and oxygen atoms in total. The van der Waals surface area contributed by atoms with E-state index >= 15 is 0 Å². The van der Waals surface area contributed by atoms with Crippen LogP contribution in [0.3, 0.4) is 0 Å². The van der Waals surface area contributed by atoms with Gasteiger partial charge in [-0.25, -0.2) is 4.79 Å². The van der Waals surface area contributed by atoms with E-state index in [1.165, 1.54) is 11.8 Å². The van der Waals surface area contributed by atoms with Gasteiger partial charge in [0, 0.05) is 6.54 Å². The molecule has 1 saturated heterocycles. The first-order valence-electron chi connectivity index (χ1n) is 21.4. The van der Waals surface area contributed by atoms with Gasteiger partial charge in [0.05, 0.1) is 6.04 Å². The molecule has 0 spiro atoms. The minimum absolute atomic E-state index is 0.0603. The van der Waals surface area contributed by atoms with Gasteiger partial charge in [-0.15, -0.1) is 0 Å². The van der Waals surface area contributed by atoms with E-state index in [4.69, 9.17) is 5.73 Å². The van der Waals surface area contributed by atoms with Gasteiger partial charge in [0.2, 0.25) is 41.4 Å². The number of carbonyl (C=O) groups is 8. The highest BCUT2D eigenvalue weighted by Crippen LogP contribution is 2.21. The van der Waals surface area contributed by atoms with Gasteiger partial charge in [0.25, 0.3) is 0 Å². The van der Waals surface area contributed by atoms with Gasteiger partial charge in [0.15, 0.2) is 0 Å². The SMILES string of the molecule is CC[C@H](C)[C@H](N)C(=O)N[C@H](C(=O)N[C@@H](C)C(=O)N[C@@H](CC(C)C)C(=O)N[C@@H](CC(C)C)C(=O)N[C@@H](CC(C)C)C(=O)N[C@H](C(=O)N1CCC[C@H]1C(=O)O)C(C)C)C(C)C. The van der Waals surface area contributed by atoms with E-state index in [0.717, 1.165) is 0 Å². The zero-order valence-electron chi connectivity index (χ0n) is 37.8. The molecule has 0 aliphatic carbocycles. The summed E-state index contributed by atoms with van der Waals surface area (Å²) >= 11 is 0. The lowest BCUT2D eigenvalue weighted by Crippen LogP contribution is -2.61. The summed E-state index contributed by atoms with van der Waals surface area (Å²) in [5, 5.41) is 26.1. The minimum atomic E-state index is -1.11. The summed E-state index contributed by atoms with van der Waals surface area (Å²) < 4.78 is 0. The first-order chi connectivity index (χ1) is 27.3. The van der Waals surface area contributed by atoms with Crippen LogP contribution in [-0.2, 0) is 38.4 Å². The summed E-state index contributed by atoms with van der Waals surface area (Å²) in [7, 11) is 0. The summed E-state index contributed by atoms with van der Waals surface area (Å²) in [6.45, 7) is 23.7. The molecule has 9 atom stereocenters. The third-order valence-corrected chi connectivity index (χ3v) is 10.6. The Kier molecular flexibility index (Phi) is 22.1. The minimum Gasteiger partial charge on any atom is -0.480 e. The lowest BCUT2D eigenvalue weighted by molar-refractivity contribution is -0.150. The second kappa shape index (κ2) is 24.7. The smallest absolute Gasteiger partial charge is 0.326 e. The van der Waals surface area contributed by atoms with E-state index in [-0.39, 0.29) is 61.3 Å². The predicted molar refractivity (Wildman–Crippen MR) is 225 cm³/mol. The number of nitrogens with zero attached hydrogens (tertiary/aromatic N) is 1. The number of amides is 7. The Labute approximate surface area is 351 Å². The maximum absolute atomic E-state index is 14.0. The van der Waals surface area contributed by atoms with Crippen molar-refractivity contribution in [3.63, 3.8) is 0 Å². The van der Waals surface area contributed by atoms with Crippen LogP contribution in [0.1, 0.15) is 129 Å². The fourth-order valence-corrected chi connectivity index (χ4v) is 6.85. The van der Waals surface area contributed by atoms with E-state index < -0.39 is 95.7 Å². The van der Waals surface area contributed by atoms with Crippen molar-refractivity contribution in [1.82, 2.24) is 36.8 Å². The van der Waals surface area contributed by atoms with Crippen LogP contribution in [0.25, 0.3) is 0 Å². The third-order valence-electron chi connectivity index (χ3n) is 10.6. The average molecular weight is 837 g/mol. The van der Waals surface area contributed by atoms with Crippen molar-refractivity contribution in [2.45, 2.75) is 177 Å². The molecule has 338 valence electrons. The second-order valence-corrected chi connectivity index (χ2v) is 18.2. The molecule has 59 heavy (non-hydrogen) atoms. The van der Waals surface area contributed by atoms with Crippen LogP contribution in [0.15, 0.2) is 0 Å². The van der Waals surface area contributed by atoms with Crippen molar-refractivity contribution in [1.29, 1.82) is 0 Å². The number of hydrogen-bond acceptors (Lipinski definition) is 9. The molecule has 0 saturated carbocycles. The molecular formula is C42H76N8O9. The third kappa shape index (κ3) is 17.1. The zero-order valence-corrected chi connectivity index (χ0v) is 37.8.